The van der Waals surface area contributed by atoms with Crippen molar-refractivity contribution in [2.24, 2.45) is 0 Å². The van der Waals surface area contributed by atoms with E-state index in [2.05, 4.69) is 9.71 Å². The third-order valence-corrected chi connectivity index (χ3v) is 6.00. The van der Waals surface area contributed by atoms with Gasteiger partial charge in [-0.15, -0.1) is 0 Å². The molecular formula is C13H16ClN3O2S2. The number of rotatable bonds is 6. The Morgan fingerprint density at radius 2 is 2.00 bits per heavy atom. The van der Waals surface area contributed by atoms with Gasteiger partial charge in [0.05, 0.1) is 6.20 Å². The van der Waals surface area contributed by atoms with Crippen molar-refractivity contribution in [3.05, 3.63) is 46.6 Å². The van der Waals surface area contributed by atoms with Gasteiger partial charge in [0.1, 0.15) is 0 Å². The maximum Gasteiger partial charge on any atom is 0.251 e. The van der Waals surface area contributed by atoms with Gasteiger partial charge in [0.2, 0.25) is 0 Å². The Bertz CT molecular complexity index is 686. The van der Waals surface area contributed by atoms with Gasteiger partial charge < -0.3 is 4.90 Å². The van der Waals surface area contributed by atoms with Crippen LogP contribution in [0.15, 0.2) is 40.7 Å². The van der Waals surface area contributed by atoms with Crippen molar-refractivity contribution in [3.63, 3.8) is 0 Å². The molecule has 0 saturated heterocycles. The molecule has 114 valence electrons. The van der Waals surface area contributed by atoms with Crippen molar-refractivity contribution in [2.75, 3.05) is 20.6 Å². The van der Waals surface area contributed by atoms with E-state index in [1.165, 1.54) is 6.20 Å². The molecule has 0 amide bonds. The van der Waals surface area contributed by atoms with E-state index in [0.29, 0.717) is 0 Å². The normalized spacial score (nSPS) is 13.5. The monoisotopic (exact) mass is 345 g/mol. The zero-order valence-electron chi connectivity index (χ0n) is 11.7. The summed E-state index contributed by atoms with van der Waals surface area (Å²) in [7, 11) is 0.243. The van der Waals surface area contributed by atoms with Gasteiger partial charge in [-0.05, 0) is 19.7 Å². The SMILES string of the molecule is CN(C)C(CNS(=O)(=O)c1cnc(Cl)s1)c1ccccc1. The molecule has 1 aromatic heterocycles. The van der Waals surface area contributed by atoms with Crippen molar-refractivity contribution in [1.29, 1.82) is 0 Å². The van der Waals surface area contributed by atoms with Crippen LogP contribution in [-0.2, 0) is 10.0 Å². The van der Waals surface area contributed by atoms with Gasteiger partial charge in [-0.3, -0.25) is 0 Å². The summed E-state index contributed by atoms with van der Waals surface area (Å²) in [6, 6.07) is 9.70. The van der Waals surface area contributed by atoms with Crippen molar-refractivity contribution < 1.29 is 8.42 Å². The Kier molecular flexibility index (Phi) is 5.34. The largest absolute Gasteiger partial charge is 0.301 e. The van der Waals surface area contributed by atoms with E-state index in [1.54, 1.807) is 0 Å². The van der Waals surface area contributed by atoms with E-state index in [4.69, 9.17) is 11.6 Å². The third-order valence-electron chi connectivity index (χ3n) is 3.00. The molecule has 21 heavy (non-hydrogen) atoms. The number of hydrogen-bond donors (Lipinski definition) is 1. The second-order valence-electron chi connectivity index (χ2n) is 4.67. The van der Waals surface area contributed by atoms with E-state index in [1.807, 2.05) is 49.3 Å². The molecule has 0 fully saturated rings. The first-order valence-corrected chi connectivity index (χ1v) is 8.90. The van der Waals surface area contributed by atoms with Gasteiger partial charge in [0.25, 0.3) is 10.0 Å². The molecule has 0 aliphatic carbocycles. The summed E-state index contributed by atoms with van der Waals surface area (Å²) in [5, 5.41) is 0. The summed E-state index contributed by atoms with van der Waals surface area (Å²) in [6.07, 6.45) is 1.27. The van der Waals surface area contributed by atoms with Crippen LogP contribution in [0.25, 0.3) is 0 Å². The predicted octanol–water partition coefficient (Wildman–Crippen LogP) is 2.38. The highest BCUT2D eigenvalue weighted by atomic mass is 35.5. The molecule has 2 rings (SSSR count). The topological polar surface area (TPSA) is 62.3 Å². The fraction of sp³-hybridized carbons (Fsp3) is 0.308. The first-order chi connectivity index (χ1) is 9.90. The zero-order chi connectivity index (χ0) is 15.5. The van der Waals surface area contributed by atoms with Gasteiger partial charge in [-0.1, -0.05) is 53.3 Å². The van der Waals surface area contributed by atoms with E-state index >= 15 is 0 Å². The predicted molar refractivity (Wildman–Crippen MR) is 85.2 cm³/mol. The lowest BCUT2D eigenvalue weighted by Gasteiger charge is -2.24. The molecule has 0 aliphatic rings. The van der Waals surface area contributed by atoms with E-state index in [0.717, 1.165) is 16.9 Å². The Morgan fingerprint density at radius 3 is 2.52 bits per heavy atom. The number of hydrogen-bond acceptors (Lipinski definition) is 5. The van der Waals surface area contributed by atoms with E-state index in [9.17, 15) is 8.42 Å². The number of nitrogens with one attached hydrogen (secondary N) is 1. The molecule has 2 aromatic rings. The molecule has 5 nitrogen and oxygen atoms in total. The van der Waals surface area contributed by atoms with Crippen LogP contribution < -0.4 is 4.72 Å². The fourth-order valence-electron chi connectivity index (χ4n) is 1.90. The lowest BCUT2D eigenvalue weighted by molar-refractivity contribution is 0.299. The minimum atomic E-state index is -3.58. The average Bonchev–Trinajstić information content (AvgIpc) is 2.87. The first-order valence-electron chi connectivity index (χ1n) is 6.22. The van der Waals surface area contributed by atoms with E-state index in [-0.39, 0.29) is 21.3 Å². The summed E-state index contributed by atoms with van der Waals surface area (Å²) in [5.74, 6) is 0. The van der Waals surface area contributed by atoms with Crippen LogP contribution in [0.1, 0.15) is 11.6 Å². The molecule has 1 aromatic carbocycles. The van der Waals surface area contributed by atoms with Crippen molar-refractivity contribution in [3.8, 4) is 0 Å². The maximum atomic E-state index is 12.2. The maximum absolute atomic E-state index is 12.2. The molecule has 8 heteroatoms. The summed E-state index contributed by atoms with van der Waals surface area (Å²) >= 11 is 6.62. The quantitative estimate of drug-likeness (QED) is 0.873. The zero-order valence-corrected chi connectivity index (χ0v) is 14.0. The van der Waals surface area contributed by atoms with Gasteiger partial charge in [0, 0.05) is 12.6 Å². The highest BCUT2D eigenvalue weighted by Gasteiger charge is 2.21. The fourth-order valence-corrected chi connectivity index (χ4v) is 4.27. The Morgan fingerprint density at radius 1 is 1.33 bits per heavy atom. The van der Waals surface area contributed by atoms with Crippen LogP contribution in [0, 0.1) is 0 Å². The van der Waals surface area contributed by atoms with Crippen LogP contribution in [0.5, 0.6) is 0 Å². The minimum Gasteiger partial charge on any atom is -0.301 e. The smallest absolute Gasteiger partial charge is 0.251 e. The second kappa shape index (κ2) is 6.85. The number of halogens is 1. The highest BCUT2D eigenvalue weighted by Crippen LogP contribution is 2.23. The molecule has 1 N–H and O–H groups in total. The number of benzene rings is 1. The number of nitrogens with zero attached hydrogens (tertiary/aromatic N) is 2. The van der Waals surface area contributed by atoms with Gasteiger partial charge >= 0.3 is 0 Å². The molecule has 0 radical (unpaired) electrons. The second-order valence-corrected chi connectivity index (χ2v) is 8.28. The summed E-state index contributed by atoms with van der Waals surface area (Å²) in [4.78, 5) is 5.73. The van der Waals surface area contributed by atoms with Crippen molar-refractivity contribution >= 4 is 33.0 Å². The summed E-state index contributed by atoms with van der Waals surface area (Å²) in [6.45, 7) is 0.273. The van der Waals surface area contributed by atoms with Crippen molar-refractivity contribution in [2.45, 2.75) is 10.3 Å². The Balaban J connectivity index is 2.13. The van der Waals surface area contributed by atoms with Gasteiger partial charge in [-0.2, -0.15) is 0 Å². The average molecular weight is 346 g/mol. The standard InChI is InChI=1S/C13H16ClN3O2S2/c1-17(2)11(10-6-4-3-5-7-10)8-16-21(18,19)12-9-15-13(14)20-12/h3-7,9,11,16H,8H2,1-2H3. The molecule has 0 bridgehead atoms. The summed E-state index contributed by atoms with van der Waals surface area (Å²) in [5.41, 5.74) is 1.05. The highest BCUT2D eigenvalue weighted by molar-refractivity contribution is 7.91. The molecule has 1 unspecified atom stereocenters. The molecule has 1 atom stereocenters. The molecule has 1 heterocycles. The number of likely N-dealkylation sites (N-methyl/N-ethyl adjacent to an activating group) is 1. The van der Waals surface area contributed by atoms with Gasteiger partial charge in [-0.25, -0.2) is 18.1 Å². The third kappa shape index (κ3) is 4.24. The van der Waals surface area contributed by atoms with Gasteiger partial charge in [0.15, 0.2) is 8.68 Å². The van der Waals surface area contributed by atoms with E-state index < -0.39 is 10.0 Å². The van der Waals surface area contributed by atoms with Crippen LogP contribution in [0.4, 0.5) is 0 Å². The number of thiazole rings is 1. The number of aromatic nitrogens is 1. The minimum absolute atomic E-state index is 0.0515. The number of sulfonamides is 1. The Labute approximate surface area is 133 Å². The van der Waals surface area contributed by atoms with Crippen molar-refractivity contribution in [1.82, 2.24) is 14.6 Å². The van der Waals surface area contributed by atoms with Crippen LogP contribution in [0.2, 0.25) is 4.47 Å². The summed E-state index contributed by atoms with van der Waals surface area (Å²) < 4.78 is 27.3. The lowest BCUT2D eigenvalue weighted by Crippen LogP contribution is -2.34. The lowest BCUT2D eigenvalue weighted by atomic mass is 10.1. The van der Waals surface area contributed by atoms with Crippen LogP contribution in [0.3, 0.4) is 0 Å². The van der Waals surface area contributed by atoms with Crippen LogP contribution in [-0.4, -0.2) is 38.9 Å². The Hall–Kier alpha value is -0.990. The molecular weight excluding hydrogens is 330 g/mol. The molecule has 0 spiro atoms. The molecule has 0 saturated carbocycles. The first kappa shape index (κ1) is 16.4. The van der Waals surface area contributed by atoms with Crippen LogP contribution >= 0.6 is 22.9 Å². The molecule has 0 aliphatic heterocycles.